The first kappa shape index (κ1) is 13.0. The second kappa shape index (κ2) is 5.83. The maximum atomic E-state index is 11.6. The largest absolute Gasteiger partial charge is 0.463 e. The summed E-state index contributed by atoms with van der Waals surface area (Å²) in [7, 11) is 1.55. The van der Waals surface area contributed by atoms with Crippen LogP contribution in [0.1, 0.15) is 6.92 Å². The van der Waals surface area contributed by atoms with E-state index in [1.165, 1.54) is 29.0 Å². The third-order valence-electron chi connectivity index (χ3n) is 2.07. The van der Waals surface area contributed by atoms with Gasteiger partial charge in [-0.05, 0) is 6.92 Å². The van der Waals surface area contributed by atoms with Crippen LogP contribution in [0, 0.1) is 0 Å². The van der Waals surface area contributed by atoms with Crippen LogP contribution in [-0.2, 0) is 23.1 Å². The average Bonchev–Trinajstić information content (AvgIpc) is 2.29. The highest BCUT2D eigenvalue weighted by molar-refractivity contribution is 5.81. The Labute approximate surface area is 97.8 Å². The fourth-order valence-electron chi connectivity index (χ4n) is 1.23. The molecule has 1 aromatic rings. The van der Waals surface area contributed by atoms with Crippen LogP contribution in [0.25, 0.3) is 0 Å². The Hall–Kier alpha value is -2.11. The SMILES string of the molecule is CCOC(=O)/C=C/Cn1c(=O)ccn(C)c1=O. The molecule has 0 fully saturated rings. The molecule has 0 spiro atoms. The molecule has 1 rings (SSSR count). The second-order valence-electron chi connectivity index (χ2n) is 3.31. The zero-order valence-electron chi connectivity index (χ0n) is 9.75. The number of hydrogen-bond donors (Lipinski definition) is 0. The van der Waals surface area contributed by atoms with E-state index in [-0.39, 0.29) is 13.2 Å². The van der Waals surface area contributed by atoms with E-state index in [1.54, 1.807) is 14.0 Å². The topological polar surface area (TPSA) is 70.3 Å². The van der Waals surface area contributed by atoms with Gasteiger partial charge in [-0.1, -0.05) is 6.08 Å². The predicted molar refractivity (Wildman–Crippen MR) is 61.7 cm³/mol. The molecule has 0 amide bonds. The molecule has 0 atom stereocenters. The molecule has 6 nitrogen and oxygen atoms in total. The molecular weight excluding hydrogens is 224 g/mol. The normalized spacial score (nSPS) is 10.7. The highest BCUT2D eigenvalue weighted by atomic mass is 16.5. The molecule has 0 unspecified atom stereocenters. The number of aromatic nitrogens is 2. The summed E-state index contributed by atoms with van der Waals surface area (Å²) < 4.78 is 6.98. The van der Waals surface area contributed by atoms with Gasteiger partial charge in [-0.25, -0.2) is 9.59 Å². The Morgan fingerprint density at radius 2 is 2.18 bits per heavy atom. The number of esters is 1. The zero-order valence-corrected chi connectivity index (χ0v) is 9.75. The van der Waals surface area contributed by atoms with Crippen LogP contribution in [0.2, 0.25) is 0 Å². The van der Waals surface area contributed by atoms with Crippen LogP contribution in [0.5, 0.6) is 0 Å². The van der Waals surface area contributed by atoms with Crippen LogP contribution in [0.4, 0.5) is 0 Å². The molecule has 92 valence electrons. The lowest BCUT2D eigenvalue weighted by Gasteiger charge is -2.02. The van der Waals surface area contributed by atoms with Crippen LogP contribution in [0.3, 0.4) is 0 Å². The van der Waals surface area contributed by atoms with Gasteiger partial charge in [0.1, 0.15) is 0 Å². The summed E-state index contributed by atoms with van der Waals surface area (Å²) in [5, 5.41) is 0. The Bertz CT molecular complexity index is 539. The van der Waals surface area contributed by atoms with Crippen molar-refractivity contribution in [2.45, 2.75) is 13.5 Å². The molecule has 0 aliphatic rings. The van der Waals surface area contributed by atoms with Crippen LogP contribution in [-0.4, -0.2) is 21.7 Å². The summed E-state index contributed by atoms with van der Waals surface area (Å²) in [6.45, 7) is 2.03. The number of nitrogens with zero attached hydrogens (tertiary/aromatic N) is 2. The molecule has 0 saturated heterocycles. The maximum absolute atomic E-state index is 11.6. The molecule has 1 aromatic heterocycles. The molecule has 17 heavy (non-hydrogen) atoms. The number of allylic oxidation sites excluding steroid dienone is 1. The third kappa shape index (κ3) is 3.44. The van der Waals surface area contributed by atoms with Gasteiger partial charge >= 0.3 is 11.7 Å². The van der Waals surface area contributed by atoms with Crippen molar-refractivity contribution in [2.24, 2.45) is 7.05 Å². The van der Waals surface area contributed by atoms with Crippen molar-refractivity contribution in [1.29, 1.82) is 0 Å². The number of hydrogen-bond acceptors (Lipinski definition) is 4. The minimum atomic E-state index is -0.492. The van der Waals surface area contributed by atoms with Crippen LogP contribution < -0.4 is 11.2 Å². The molecular formula is C11H14N2O4. The zero-order chi connectivity index (χ0) is 12.8. The molecule has 1 heterocycles. The highest BCUT2D eigenvalue weighted by Crippen LogP contribution is 1.83. The second-order valence-corrected chi connectivity index (χ2v) is 3.31. The number of rotatable bonds is 4. The number of ether oxygens (including phenoxy) is 1. The third-order valence-corrected chi connectivity index (χ3v) is 2.07. The van der Waals surface area contributed by atoms with Gasteiger partial charge in [-0.15, -0.1) is 0 Å². The number of carbonyl (C=O) groups excluding carboxylic acids is 1. The monoisotopic (exact) mass is 238 g/mol. The standard InChI is InChI=1S/C11H14N2O4/c1-3-17-10(15)5-4-7-13-9(14)6-8-12(2)11(13)16/h4-6,8H,3,7H2,1-2H3/b5-4+. The van der Waals surface area contributed by atoms with Crippen molar-refractivity contribution in [2.75, 3.05) is 6.61 Å². The molecule has 6 heteroatoms. The van der Waals surface area contributed by atoms with Crippen molar-refractivity contribution in [3.05, 3.63) is 45.3 Å². The Morgan fingerprint density at radius 3 is 2.82 bits per heavy atom. The molecule has 0 aromatic carbocycles. The summed E-state index contributed by atoms with van der Waals surface area (Å²) in [5.41, 5.74) is -0.826. The summed E-state index contributed by atoms with van der Waals surface area (Å²) in [4.78, 5) is 34.0. The Morgan fingerprint density at radius 1 is 1.47 bits per heavy atom. The number of aryl methyl sites for hydroxylation is 1. The highest BCUT2D eigenvalue weighted by Gasteiger charge is 2.00. The minimum absolute atomic E-state index is 0.0468. The average molecular weight is 238 g/mol. The van der Waals surface area contributed by atoms with E-state index in [4.69, 9.17) is 0 Å². The lowest BCUT2D eigenvalue weighted by atomic mass is 10.4. The van der Waals surface area contributed by atoms with Gasteiger partial charge in [0, 0.05) is 31.9 Å². The predicted octanol–water partition coefficient (Wildman–Crippen LogP) is -0.334. The molecule has 0 N–H and O–H groups in total. The molecule has 0 radical (unpaired) electrons. The first-order valence-electron chi connectivity index (χ1n) is 5.16. The molecule has 0 saturated carbocycles. The first-order chi connectivity index (χ1) is 8.06. The first-order valence-corrected chi connectivity index (χ1v) is 5.16. The van der Waals surface area contributed by atoms with Gasteiger partial charge in [-0.2, -0.15) is 0 Å². The van der Waals surface area contributed by atoms with E-state index in [0.29, 0.717) is 0 Å². The lowest BCUT2D eigenvalue weighted by Crippen LogP contribution is -2.37. The summed E-state index contributed by atoms with van der Waals surface area (Å²) in [6.07, 6.45) is 4.01. The van der Waals surface area contributed by atoms with E-state index in [9.17, 15) is 14.4 Å². The summed E-state index contributed by atoms with van der Waals surface area (Å²) in [6, 6.07) is 1.29. The fourth-order valence-corrected chi connectivity index (χ4v) is 1.23. The lowest BCUT2D eigenvalue weighted by molar-refractivity contribution is -0.137. The van der Waals surface area contributed by atoms with Crippen molar-refractivity contribution in [1.82, 2.24) is 9.13 Å². The van der Waals surface area contributed by atoms with Crippen molar-refractivity contribution in [3.63, 3.8) is 0 Å². The van der Waals surface area contributed by atoms with Gasteiger partial charge in [0.25, 0.3) is 5.56 Å². The van der Waals surface area contributed by atoms with Crippen molar-refractivity contribution >= 4 is 5.97 Å². The smallest absolute Gasteiger partial charge is 0.330 e. The quantitative estimate of drug-likeness (QED) is 0.532. The van der Waals surface area contributed by atoms with Crippen molar-refractivity contribution < 1.29 is 9.53 Å². The molecule has 0 bridgehead atoms. The maximum Gasteiger partial charge on any atom is 0.330 e. The molecule has 0 aliphatic carbocycles. The summed E-state index contributed by atoms with van der Waals surface area (Å²) >= 11 is 0. The van der Waals surface area contributed by atoms with E-state index >= 15 is 0 Å². The van der Waals surface area contributed by atoms with Crippen LogP contribution in [0.15, 0.2) is 34.0 Å². The fraction of sp³-hybridized carbons (Fsp3) is 0.364. The van der Waals surface area contributed by atoms with E-state index in [1.807, 2.05) is 0 Å². The van der Waals surface area contributed by atoms with E-state index in [0.717, 1.165) is 4.57 Å². The summed E-state index contributed by atoms with van der Waals surface area (Å²) in [5.74, 6) is -0.492. The van der Waals surface area contributed by atoms with Gasteiger partial charge in [-0.3, -0.25) is 9.36 Å². The van der Waals surface area contributed by atoms with Gasteiger partial charge in [0.15, 0.2) is 0 Å². The van der Waals surface area contributed by atoms with Crippen LogP contribution >= 0.6 is 0 Å². The molecule has 0 aliphatic heterocycles. The van der Waals surface area contributed by atoms with E-state index < -0.39 is 17.2 Å². The number of carbonyl (C=O) groups is 1. The Kier molecular flexibility index (Phi) is 4.45. The van der Waals surface area contributed by atoms with Gasteiger partial charge in [0.2, 0.25) is 0 Å². The van der Waals surface area contributed by atoms with Gasteiger partial charge in [0.05, 0.1) is 6.61 Å². The minimum Gasteiger partial charge on any atom is -0.463 e. The van der Waals surface area contributed by atoms with E-state index in [2.05, 4.69) is 4.74 Å². The van der Waals surface area contributed by atoms with Crippen molar-refractivity contribution in [3.8, 4) is 0 Å². The Balaban J connectivity index is 2.83. The van der Waals surface area contributed by atoms with Gasteiger partial charge < -0.3 is 9.30 Å².